The van der Waals surface area contributed by atoms with Crippen LogP contribution in [0.1, 0.15) is 31.1 Å². The number of anilines is 1. The first kappa shape index (κ1) is 22.9. The van der Waals surface area contributed by atoms with Crippen LogP contribution in [0.3, 0.4) is 0 Å². The van der Waals surface area contributed by atoms with E-state index in [1.165, 1.54) is 11.3 Å². The van der Waals surface area contributed by atoms with Crippen LogP contribution in [0, 0.1) is 0 Å². The SMILES string of the molecule is CCOc1cccc2sc(N(CCN(CC)CC)C(=O)c3cc4ccccc4oc3=O)nc12. The quantitative estimate of drug-likeness (QED) is 0.331. The molecule has 0 saturated carbocycles. The minimum Gasteiger partial charge on any atom is -0.492 e. The number of fused-ring (bicyclic) bond motifs is 2. The Labute approximate surface area is 196 Å². The van der Waals surface area contributed by atoms with Crippen LogP contribution in [0.4, 0.5) is 5.13 Å². The second-order valence-corrected chi connectivity index (χ2v) is 8.51. The molecule has 2 aromatic carbocycles. The molecule has 2 heterocycles. The molecule has 0 saturated heterocycles. The molecule has 172 valence electrons. The molecule has 0 unspecified atom stereocenters. The lowest BCUT2D eigenvalue weighted by Crippen LogP contribution is -2.40. The molecule has 0 aliphatic carbocycles. The first-order valence-electron chi connectivity index (χ1n) is 11.1. The zero-order valence-electron chi connectivity index (χ0n) is 19.0. The van der Waals surface area contributed by atoms with Gasteiger partial charge >= 0.3 is 5.63 Å². The summed E-state index contributed by atoms with van der Waals surface area (Å²) in [4.78, 5) is 34.9. The molecule has 0 fully saturated rings. The van der Waals surface area contributed by atoms with Gasteiger partial charge in [-0.15, -0.1) is 0 Å². The van der Waals surface area contributed by atoms with Gasteiger partial charge in [-0.05, 0) is 44.3 Å². The number of hydrogen-bond donors (Lipinski definition) is 0. The summed E-state index contributed by atoms with van der Waals surface area (Å²) in [6.45, 7) is 9.40. The third-order valence-electron chi connectivity index (χ3n) is 5.55. The molecular formula is C25H27N3O4S. The van der Waals surface area contributed by atoms with Gasteiger partial charge in [0.2, 0.25) is 0 Å². The van der Waals surface area contributed by atoms with Crippen molar-refractivity contribution in [3.63, 3.8) is 0 Å². The number of ether oxygens (including phenoxy) is 1. The van der Waals surface area contributed by atoms with Gasteiger partial charge in [-0.25, -0.2) is 9.78 Å². The Balaban J connectivity index is 1.77. The zero-order chi connectivity index (χ0) is 23.4. The fourth-order valence-corrected chi connectivity index (χ4v) is 4.73. The molecule has 0 aliphatic heterocycles. The zero-order valence-corrected chi connectivity index (χ0v) is 19.9. The molecular weight excluding hydrogens is 438 g/mol. The number of para-hydroxylation sites is 2. The van der Waals surface area contributed by atoms with Crippen molar-refractivity contribution in [1.82, 2.24) is 9.88 Å². The van der Waals surface area contributed by atoms with Gasteiger partial charge in [-0.3, -0.25) is 9.69 Å². The predicted molar refractivity (Wildman–Crippen MR) is 133 cm³/mol. The van der Waals surface area contributed by atoms with Gasteiger partial charge in [0.25, 0.3) is 5.91 Å². The Hall–Kier alpha value is -3.23. The number of thiazole rings is 1. The number of hydrogen-bond acceptors (Lipinski definition) is 7. The molecule has 0 aliphatic rings. The summed E-state index contributed by atoms with van der Waals surface area (Å²) in [6.07, 6.45) is 0. The molecule has 0 bridgehead atoms. The van der Waals surface area contributed by atoms with E-state index >= 15 is 0 Å². The van der Waals surface area contributed by atoms with E-state index in [4.69, 9.17) is 14.1 Å². The number of carbonyl (C=O) groups excluding carboxylic acids is 1. The first-order valence-corrected chi connectivity index (χ1v) is 12.0. The van der Waals surface area contributed by atoms with Crippen molar-refractivity contribution in [1.29, 1.82) is 0 Å². The molecule has 2 aromatic heterocycles. The molecule has 4 aromatic rings. The van der Waals surface area contributed by atoms with Crippen LogP contribution < -0.4 is 15.3 Å². The maximum absolute atomic E-state index is 13.7. The van der Waals surface area contributed by atoms with Crippen LogP contribution in [0.15, 0.2) is 57.7 Å². The first-order chi connectivity index (χ1) is 16.0. The molecule has 8 heteroatoms. The number of aromatic nitrogens is 1. The minimum atomic E-state index is -0.650. The van der Waals surface area contributed by atoms with Crippen LogP contribution >= 0.6 is 11.3 Å². The van der Waals surface area contributed by atoms with Crippen LogP contribution in [-0.2, 0) is 0 Å². The number of benzene rings is 2. The van der Waals surface area contributed by atoms with E-state index in [0.717, 1.165) is 17.8 Å². The number of amides is 1. The third kappa shape index (κ3) is 4.77. The Bertz CT molecular complexity index is 1330. The predicted octanol–water partition coefficient (Wildman–Crippen LogP) is 4.79. The Morgan fingerprint density at radius 2 is 1.85 bits per heavy atom. The molecule has 0 spiro atoms. The van der Waals surface area contributed by atoms with Crippen LogP contribution in [0.25, 0.3) is 21.2 Å². The van der Waals surface area contributed by atoms with Crippen molar-refractivity contribution in [2.45, 2.75) is 20.8 Å². The van der Waals surface area contributed by atoms with Gasteiger partial charge in [0.1, 0.15) is 22.4 Å². The number of likely N-dealkylation sites (N-methyl/N-ethyl adjacent to an activating group) is 1. The van der Waals surface area contributed by atoms with Crippen molar-refractivity contribution >= 4 is 43.6 Å². The number of nitrogens with zero attached hydrogens (tertiary/aromatic N) is 3. The smallest absolute Gasteiger partial charge is 0.349 e. The van der Waals surface area contributed by atoms with Gasteiger partial charge in [0.15, 0.2) is 5.13 Å². The van der Waals surface area contributed by atoms with Crippen molar-refractivity contribution in [2.24, 2.45) is 0 Å². The van der Waals surface area contributed by atoms with E-state index in [2.05, 4.69) is 18.7 Å². The second kappa shape index (κ2) is 10.1. The van der Waals surface area contributed by atoms with Gasteiger partial charge in [-0.2, -0.15) is 0 Å². The van der Waals surface area contributed by atoms with E-state index in [-0.39, 0.29) is 5.56 Å². The monoisotopic (exact) mass is 465 g/mol. The maximum atomic E-state index is 13.7. The third-order valence-corrected chi connectivity index (χ3v) is 6.60. The summed E-state index contributed by atoms with van der Waals surface area (Å²) in [5.41, 5.74) is 0.515. The molecule has 0 N–H and O–H groups in total. The van der Waals surface area contributed by atoms with Crippen LogP contribution in [-0.4, -0.2) is 48.6 Å². The molecule has 0 radical (unpaired) electrons. The molecule has 1 amide bonds. The van der Waals surface area contributed by atoms with Gasteiger partial charge in [-0.1, -0.05) is 49.4 Å². The normalized spacial score (nSPS) is 11.4. The molecule has 0 atom stereocenters. The van der Waals surface area contributed by atoms with E-state index in [1.807, 2.05) is 37.3 Å². The van der Waals surface area contributed by atoms with Crippen LogP contribution in [0.5, 0.6) is 5.75 Å². The van der Waals surface area contributed by atoms with Crippen molar-refractivity contribution in [2.75, 3.05) is 37.7 Å². The van der Waals surface area contributed by atoms with Gasteiger partial charge < -0.3 is 14.1 Å². The fraction of sp³-hybridized carbons (Fsp3) is 0.320. The lowest BCUT2D eigenvalue weighted by Gasteiger charge is -2.24. The summed E-state index contributed by atoms with van der Waals surface area (Å²) < 4.78 is 12.1. The Morgan fingerprint density at radius 1 is 1.06 bits per heavy atom. The largest absolute Gasteiger partial charge is 0.492 e. The lowest BCUT2D eigenvalue weighted by molar-refractivity contribution is 0.0980. The average molecular weight is 466 g/mol. The summed E-state index contributed by atoms with van der Waals surface area (Å²) in [6, 6.07) is 14.5. The number of rotatable bonds is 9. The topological polar surface area (TPSA) is 75.9 Å². The van der Waals surface area contributed by atoms with Crippen molar-refractivity contribution in [3.05, 3.63) is 64.5 Å². The van der Waals surface area contributed by atoms with E-state index in [1.54, 1.807) is 23.1 Å². The Morgan fingerprint density at radius 3 is 2.61 bits per heavy atom. The molecule has 33 heavy (non-hydrogen) atoms. The van der Waals surface area contributed by atoms with Gasteiger partial charge in [0.05, 0.1) is 11.3 Å². The summed E-state index contributed by atoms with van der Waals surface area (Å²) in [5, 5.41) is 1.23. The average Bonchev–Trinajstić information content (AvgIpc) is 3.26. The van der Waals surface area contributed by atoms with Crippen LogP contribution in [0.2, 0.25) is 0 Å². The minimum absolute atomic E-state index is 0.00228. The second-order valence-electron chi connectivity index (χ2n) is 7.50. The highest BCUT2D eigenvalue weighted by atomic mass is 32.1. The standard InChI is InChI=1S/C25H27N3O4S/c1-4-27(5-2)14-15-28(25-26-22-20(31-6-3)12-9-13-21(22)33-25)23(29)18-16-17-10-7-8-11-19(17)32-24(18)30/h7-13,16H,4-6,14-15H2,1-3H3. The van der Waals surface area contributed by atoms with E-state index in [9.17, 15) is 9.59 Å². The number of carbonyl (C=O) groups is 1. The highest BCUT2D eigenvalue weighted by Gasteiger charge is 2.26. The maximum Gasteiger partial charge on any atom is 0.349 e. The lowest BCUT2D eigenvalue weighted by atomic mass is 10.1. The fourth-order valence-electron chi connectivity index (χ4n) is 3.72. The van der Waals surface area contributed by atoms with E-state index in [0.29, 0.717) is 47.1 Å². The Kier molecular flexibility index (Phi) is 7.05. The van der Waals surface area contributed by atoms with E-state index < -0.39 is 11.5 Å². The summed E-state index contributed by atoms with van der Waals surface area (Å²) >= 11 is 1.41. The highest BCUT2D eigenvalue weighted by Crippen LogP contribution is 2.34. The van der Waals surface area contributed by atoms with Gasteiger partial charge in [0, 0.05) is 18.5 Å². The highest BCUT2D eigenvalue weighted by molar-refractivity contribution is 7.22. The molecule has 4 rings (SSSR count). The van der Waals surface area contributed by atoms with Crippen molar-refractivity contribution < 1.29 is 13.9 Å². The summed E-state index contributed by atoms with van der Waals surface area (Å²) in [7, 11) is 0. The van der Waals surface area contributed by atoms with Crippen molar-refractivity contribution in [3.8, 4) is 5.75 Å². The molecule has 7 nitrogen and oxygen atoms in total. The summed E-state index contributed by atoms with van der Waals surface area (Å²) in [5.74, 6) is 0.262.